The molecule has 0 aliphatic heterocycles. The molecule has 8 nitrogen and oxygen atoms in total. The van der Waals surface area contributed by atoms with Gasteiger partial charge in [-0.2, -0.15) is 4.98 Å². The molecule has 2 aromatic heterocycles. The molecule has 2 N–H and O–H groups in total. The fourth-order valence-corrected chi connectivity index (χ4v) is 3.10. The lowest BCUT2D eigenvalue weighted by molar-refractivity contribution is -0.151. The number of carbonyl (C=O) groups is 1. The van der Waals surface area contributed by atoms with E-state index in [9.17, 15) is 9.59 Å². The van der Waals surface area contributed by atoms with Crippen LogP contribution in [-0.4, -0.2) is 25.5 Å². The second kappa shape index (κ2) is 8.62. The highest BCUT2D eigenvalue weighted by atomic mass is 35.5. The van der Waals surface area contributed by atoms with Crippen molar-refractivity contribution in [3.8, 4) is 0 Å². The lowest BCUT2D eigenvalue weighted by Crippen LogP contribution is -2.20. The number of ether oxygens (including phenoxy) is 1. The van der Waals surface area contributed by atoms with Crippen molar-refractivity contribution in [2.45, 2.75) is 39.5 Å². The number of halogens is 2. The molecule has 28 heavy (non-hydrogen) atoms. The average molecular weight is 424 g/mol. The Bertz CT molecular complexity index is 1060. The van der Waals surface area contributed by atoms with Gasteiger partial charge in [-0.25, -0.2) is 4.98 Å². The van der Waals surface area contributed by atoms with E-state index in [1.54, 1.807) is 12.1 Å². The zero-order valence-electron chi connectivity index (χ0n) is 15.3. The second-order valence-electron chi connectivity index (χ2n) is 6.19. The number of benzene rings is 1. The maximum Gasteiger partial charge on any atom is 0.304 e. The summed E-state index contributed by atoms with van der Waals surface area (Å²) in [4.78, 5) is 35.2. The summed E-state index contributed by atoms with van der Waals surface area (Å²) < 4.78 is 6.86. The number of nitrogens with one attached hydrogen (secondary N) is 2. The monoisotopic (exact) mass is 423 g/mol. The first-order valence-electron chi connectivity index (χ1n) is 8.71. The van der Waals surface area contributed by atoms with Crippen molar-refractivity contribution < 1.29 is 9.53 Å². The van der Waals surface area contributed by atoms with E-state index in [1.165, 1.54) is 17.8 Å². The van der Waals surface area contributed by atoms with Gasteiger partial charge in [0, 0.05) is 19.9 Å². The molecular formula is C18H19Cl2N5O3. The number of hydrogen-bond donors (Lipinski definition) is 2. The zero-order chi connectivity index (χ0) is 20.3. The van der Waals surface area contributed by atoms with Crippen LogP contribution in [-0.2, 0) is 16.1 Å². The number of hydrogen-bond acceptors (Lipinski definition) is 6. The van der Waals surface area contributed by atoms with E-state index in [4.69, 9.17) is 27.9 Å². The van der Waals surface area contributed by atoms with Gasteiger partial charge in [-0.3, -0.25) is 19.1 Å². The van der Waals surface area contributed by atoms with E-state index in [-0.39, 0.29) is 22.7 Å². The molecule has 0 aliphatic rings. The molecule has 0 radical (unpaired) electrons. The summed E-state index contributed by atoms with van der Waals surface area (Å²) in [6, 6.07) is 5.25. The lowest BCUT2D eigenvalue weighted by atomic mass is 10.2. The second-order valence-corrected chi connectivity index (χ2v) is 7.01. The summed E-state index contributed by atoms with van der Waals surface area (Å²) in [7, 11) is 0. The molecule has 0 bridgehead atoms. The van der Waals surface area contributed by atoms with Gasteiger partial charge in [0.25, 0.3) is 5.56 Å². The zero-order valence-corrected chi connectivity index (χ0v) is 16.8. The van der Waals surface area contributed by atoms with Gasteiger partial charge >= 0.3 is 5.97 Å². The normalized spacial score (nSPS) is 12.1. The van der Waals surface area contributed by atoms with Crippen LogP contribution in [0.5, 0.6) is 0 Å². The molecule has 10 heteroatoms. The van der Waals surface area contributed by atoms with Crippen molar-refractivity contribution >= 4 is 46.3 Å². The number of nitrogens with zero attached hydrogens (tertiary/aromatic N) is 3. The number of carbonyl (C=O) groups excluding carboxylic acids is 1. The third-order valence-electron chi connectivity index (χ3n) is 4.03. The minimum atomic E-state index is -0.606. The topological polar surface area (TPSA) is 102 Å². The van der Waals surface area contributed by atoms with E-state index in [0.29, 0.717) is 23.0 Å². The minimum absolute atomic E-state index is 0.250. The van der Waals surface area contributed by atoms with Crippen LogP contribution >= 0.6 is 23.2 Å². The Balaban J connectivity index is 1.86. The molecule has 0 aliphatic carbocycles. The number of aromatic nitrogens is 4. The molecule has 1 atom stereocenters. The largest absolute Gasteiger partial charge is 0.441 e. The number of esters is 1. The molecule has 3 aromatic rings. The van der Waals surface area contributed by atoms with E-state index >= 15 is 0 Å². The van der Waals surface area contributed by atoms with Crippen LogP contribution < -0.4 is 10.9 Å². The summed E-state index contributed by atoms with van der Waals surface area (Å²) in [5.41, 5.74) is 1.00. The molecule has 1 aromatic carbocycles. The number of rotatable bonds is 7. The highest BCUT2D eigenvalue weighted by Gasteiger charge is 2.19. The van der Waals surface area contributed by atoms with Crippen molar-refractivity contribution in [3.05, 3.63) is 50.5 Å². The number of imidazole rings is 1. The summed E-state index contributed by atoms with van der Waals surface area (Å²) in [6.45, 7) is 3.68. The molecule has 0 saturated heterocycles. The quantitative estimate of drug-likeness (QED) is 0.558. The summed E-state index contributed by atoms with van der Waals surface area (Å²) in [5.74, 6) is -0.155. The lowest BCUT2D eigenvalue weighted by Gasteiger charge is -2.18. The van der Waals surface area contributed by atoms with Crippen LogP contribution in [0.1, 0.15) is 38.5 Å². The summed E-state index contributed by atoms with van der Waals surface area (Å²) in [5, 5.41) is 3.95. The Morgan fingerprint density at radius 3 is 2.82 bits per heavy atom. The Morgan fingerprint density at radius 2 is 2.14 bits per heavy atom. The van der Waals surface area contributed by atoms with Gasteiger partial charge in [0.2, 0.25) is 5.95 Å². The first-order valence-corrected chi connectivity index (χ1v) is 9.46. The molecule has 148 valence electrons. The van der Waals surface area contributed by atoms with Crippen LogP contribution in [0, 0.1) is 0 Å². The van der Waals surface area contributed by atoms with Crippen molar-refractivity contribution in [3.63, 3.8) is 0 Å². The third kappa shape index (κ3) is 4.45. The fourth-order valence-electron chi connectivity index (χ4n) is 2.78. The highest BCUT2D eigenvalue weighted by molar-refractivity contribution is 6.42. The Morgan fingerprint density at radius 1 is 1.36 bits per heavy atom. The Labute approximate surface area is 170 Å². The van der Waals surface area contributed by atoms with E-state index in [1.807, 2.05) is 13.0 Å². The predicted molar refractivity (Wildman–Crippen MR) is 108 cm³/mol. The smallest absolute Gasteiger partial charge is 0.304 e. The maximum absolute atomic E-state index is 12.6. The van der Waals surface area contributed by atoms with Gasteiger partial charge < -0.3 is 10.1 Å². The maximum atomic E-state index is 12.6. The SMILES string of the molecule is CCCC(OC(C)=O)n1cnc2nc(NCc3ccc(Cl)c(Cl)c3)[nH]c(=O)c21. The van der Waals surface area contributed by atoms with Crippen molar-refractivity contribution in [2.75, 3.05) is 5.32 Å². The Kier molecular flexibility index (Phi) is 6.21. The summed E-state index contributed by atoms with van der Waals surface area (Å²) >= 11 is 11.9. The molecule has 1 unspecified atom stereocenters. The minimum Gasteiger partial charge on any atom is -0.441 e. The van der Waals surface area contributed by atoms with Gasteiger partial charge in [-0.15, -0.1) is 0 Å². The van der Waals surface area contributed by atoms with Gasteiger partial charge in [-0.1, -0.05) is 42.6 Å². The molecule has 0 spiro atoms. The van der Waals surface area contributed by atoms with Gasteiger partial charge in [0.05, 0.1) is 10.0 Å². The molecule has 0 fully saturated rings. The van der Waals surface area contributed by atoms with Gasteiger partial charge in [0.15, 0.2) is 17.4 Å². The van der Waals surface area contributed by atoms with E-state index < -0.39 is 12.2 Å². The van der Waals surface area contributed by atoms with Gasteiger partial charge in [-0.05, 0) is 17.7 Å². The molecule has 0 amide bonds. The number of fused-ring (bicyclic) bond motifs is 1. The van der Waals surface area contributed by atoms with Crippen LogP contribution in [0.3, 0.4) is 0 Å². The first-order chi connectivity index (χ1) is 13.4. The van der Waals surface area contributed by atoms with Crippen molar-refractivity contribution in [2.24, 2.45) is 0 Å². The van der Waals surface area contributed by atoms with Crippen LogP contribution in [0.2, 0.25) is 10.0 Å². The van der Waals surface area contributed by atoms with Crippen LogP contribution in [0.15, 0.2) is 29.3 Å². The standard InChI is InChI=1S/C18H19Cl2N5O3/c1-3-4-14(28-10(2)26)25-9-22-16-15(25)17(27)24-18(23-16)21-8-11-5-6-12(19)13(20)7-11/h5-7,9,14H,3-4,8H2,1-2H3,(H2,21,23,24,27). The van der Waals surface area contributed by atoms with E-state index in [2.05, 4.69) is 20.3 Å². The third-order valence-corrected chi connectivity index (χ3v) is 4.77. The predicted octanol–water partition coefficient (Wildman–Crippen LogP) is 3.90. The van der Waals surface area contributed by atoms with Crippen molar-refractivity contribution in [1.29, 1.82) is 0 Å². The van der Waals surface area contributed by atoms with Crippen LogP contribution in [0.4, 0.5) is 5.95 Å². The van der Waals surface area contributed by atoms with Crippen molar-refractivity contribution in [1.82, 2.24) is 19.5 Å². The van der Waals surface area contributed by atoms with E-state index in [0.717, 1.165) is 12.0 Å². The molecular weight excluding hydrogens is 405 g/mol. The number of H-pyrrole nitrogens is 1. The molecule has 3 rings (SSSR count). The Hall–Kier alpha value is -2.58. The molecule has 0 saturated carbocycles. The highest BCUT2D eigenvalue weighted by Crippen LogP contribution is 2.23. The summed E-state index contributed by atoms with van der Waals surface area (Å²) in [6.07, 6.45) is 2.18. The first kappa shape index (κ1) is 20.2. The number of aromatic amines is 1. The van der Waals surface area contributed by atoms with Gasteiger partial charge in [0.1, 0.15) is 6.33 Å². The van der Waals surface area contributed by atoms with Crippen LogP contribution in [0.25, 0.3) is 11.2 Å². The fraction of sp³-hybridized carbons (Fsp3) is 0.333. The number of anilines is 1. The average Bonchev–Trinajstić information content (AvgIpc) is 3.06. The molecule has 2 heterocycles.